The number of nitrogens with one attached hydrogen (secondary N) is 2. The molecule has 2 aromatic carbocycles. The zero-order valence-corrected chi connectivity index (χ0v) is 14.9. The van der Waals surface area contributed by atoms with Crippen LogP contribution in [0, 0.1) is 0 Å². The second-order valence-corrected chi connectivity index (χ2v) is 6.10. The zero-order valence-electron chi connectivity index (χ0n) is 14.2. The van der Waals surface area contributed by atoms with Gasteiger partial charge in [-0.1, -0.05) is 42.5 Å². The minimum absolute atomic E-state index is 0.148. The lowest BCUT2D eigenvalue weighted by Crippen LogP contribution is -2.13. The van der Waals surface area contributed by atoms with Crippen LogP contribution < -0.4 is 10.6 Å². The molecular weight excluding hydrogens is 350 g/mol. The van der Waals surface area contributed by atoms with Gasteiger partial charge >= 0.3 is 0 Å². The molecule has 3 aromatic rings. The van der Waals surface area contributed by atoms with E-state index in [0.29, 0.717) is 25.0 Å². The van der Waals surface area contributed by atoms with Crippen LogP contribution in [0.1, 0.15) is 11.1 Å². The Hall–Kier alpha value is -2.86. The molecule has 1 heterocycles. The number of hydrogen-bond donors (Lipinski definition) is 3. The van der Waals surface area contributed by atoms with Crippen molar-refractivity contribution in [1.82, 2.24) is 15.0 Å². The van der Waals surface area contributed by atoms with Crippen molar-refractivity contribution < 1.29 is 5.11 Å². The van der Waals surface area contributed by atoms with Crippen LogP contribution in [-0.2, 0) is 12.8 Å². The molecule has 0 aliphatic carbocycles. The molecule has 6 nitrogen and oxygen atoms in total. The Kier molecular flexibility index (Phi) is 6.22. The van der Waals surface area contributed by atoms with E-state index in [1.807, 2.05) is 30.3 Å². The highest BCUT2D eigenvalue weighted by atomic mass is 35.5. The van der Waals surface area contributed by atoms with Gasteiger partial charge < -0.3 is 15.7 Å². The van der Waals surface area contributed by atoms with Crippen LogP contribution in [0.2, 0.25) is 5.28 Å². The Balaban J connectivity index is 1.51. The maximum Gasteiger partial charge on any atom is 0.228 e. The molecular formula is C19H20ClN5O. The fourth-order valence-corrected chi connectivity index (χ4v) is 2.61. The molecule has 0 aliphatic rings. The molecule has 0 bridgehead atoms. The number of phenols is 1. The first-order chi connectivity index (χ1) is 12.7. The highest BCUT2D eigenvalue weighted by molar-refractivity contribution is 6.28. The molecule has 3 rings (SSSR count). The molecule has 0 unspecified atom stereocenters. The van der Waals surface area contributed by atoms with Gasteiger partial charge in [0, 0.05) is 13.1 Å². The van der Waals surface area contributed by atoms with Gasteiger partial charge in [-0.2, -0.15) is 15.0 Å². The van der Waals surface area contributed by atoms with Crippen LogP contribution >= 0.6 is 11.6 Å². The lowest BCUT2D eigenvalue weighted by Gasteiger charge is -2.09. The van der Waals surface area contributed by atoms with E-state index in [1.165, 1.54) is 5.56 Å². The highest BCUT2D eigenvalue weighted by Crippen LogP contribution is 2.12. The van der Waals surface area contributed by atoms with E-state index in [-0.39, 0.29) is 11.0 Å². The number of aromatic nitrogens is 3. The van der Waals surface area contributed by atoms with Crippen molar-refractivity contribution in [3.05, 3.63) is 71.0 Å². The molecule has 0 saturated carbocycles. The Morgan fingerprint density at radius 3 is 1.85 bits per heavy atom. The number of anilines is 2. The molecule has 0 amide bonds. The highest BCUT2D eigenvalue weighted by Gasteiger charge is 2.05. The summed E-state index contributed by atoms with van der Waals surface area (Å²) in [5.41, 5.74) is 2.35. The first-order valence-electron chi connectivity index (χ1n) is 8.40. The van der Waals surface area contributed by atoms with Crippen LogP contribution in [-0.4, -0.2) is 33.1 Å². The second-order valence-electron chi connectivity index (χ2n) is 5.76. The smallest absolute Gasteiger partial charge is 0.228 e. The van der Waals surface area contributed by atoms with E-state index in [9.17, 15) is 5.11 Å². The molecule has 26 heavy (non-hydrogen) atoms. The van der Waals surface area contributed by atoms with E-state index < -0.39 is 0 Å². The van der Waals surface area contributed by atoms with Gasteiger partial charge in [0.05, 0.1) is 0 Å². The van der Waals surface area contributed by atoms with Gasteiger partial charge in [-0.15, -0.1) is 0 Å². The van der Waals surface area contributed by atoms with Gasteiger partial charge in [-0.25, -0.2) is 0 Å². The minimum Gasteiger partial charge on any atom is -0.508 e. The quantitative estimate of drug-likeness (QED) is 0.563. The summed E-state index contributed by atoms with van der Waals surface area (Å²) in [6.07, 6.45) is 1.65. The van der Waals surface area contributed by atoms with Crippen molar-refractivity contribution in [2.45, 2.75) is 12.8 Å². The molecule has 1 aromatic heterocycles. The molecule has 0 aliphatic heterocycles. The van der Waals surface area contributed by atoms with Crippen LogP contribution in [0.4, 0.5) is 11.9 Å². The monoisotopic (exact) mass is 369 g/mol. The molecule has 134 valence electrons. The Bertz CT molecular complexity index is 827. The Labute approximate surface area is 157 Å². The molecule has 7 heteroatoms. The first kappa shape index (κ1) is 17.9. The van der Waals surface area contributed by atoms with Gasteiger partial charge in [0.2, 0.25) is 17.2 Å². The summed E-state index contributed by atoms with van der Waals surface area (Å²) < 4.78 is 0. The largest absolute Gasteiger partial charge is 0.508 e. The summed E-state index contributed by atoms with van der Waals surface area (Å²) in [4.78, 5) is 12.5. The lowest BCUT2D eigenvalue weighted by atomic mass is 10.1. The number of benzene rings is 2. The van der Waals surface area contributed by atoms with Crippen molar-refractivity contribution in [2.75, 3.05) is 23.7 Å². The summed E-state index contributed by atoms with van der Waals surface area (Å²) in [7, 11) is 0. The zero-order chi connectivity index (χ0) is 18.2. The van der Waals surface area contributed by atoms with Crippen LogP contribution in [0.25, 0.3) is 0 Å². The lowest BCUT2D eigenvalue weighted by molar-refractivity contribution is 0.475. The van der Waals surface area contributed by atoms with Crippen LogP contribution in [0.15, 0.2) is 54.6 Å². The third-order valence-corrected chi connectivity index (χ3v) is 3.95. The fourth-order valence-electron chi connectivity index (χ4n) is 2.45. The van der Waals surface area contributed by atoms with Crippen molar-refractivity contribution in [2.24, 2.45) is 0 Å². The summed E-state index contributed by atoms with van der Waals surface area (Å²) in [6, 6.07) is 17.3. The number of rotatable bonds is 8. The van der Waals surface area contributed by atoms with E-state index in [0.717, 1.165) is 18.4 Å². The van der Waals surface area contributed by atoms with E-state index in [4.69, 9.17) is 11.6 Å². The molecule has 0 spiro atoms. The molecule has 0 fully saturated rings. The molecule has 0 radical (unpaired) electrons. The van der Waals surface area contributed by atoms with Crippen LogP contribution in [0.5, 0.6) is 5.75 Å². The average Bonchev–Trinajstić information content (AvgIpc) is 2.64. The third kappa shape index (κ3) is 5.60. The van der Waals surface area contributed by atoms with Gasteiger partial charge in [0.1, 0.15) is 5.75 Å². The number of phenolic OH excluding ortho intramolecular Hbond substituents is 1. The predicted octanol–water partition coefficient (Wildman–Crippen LogP) is 3.54. The number of nitrogens with zero attached hydrogens (tertiary/aromatic N) is 3. The topological polar surface area (TPSA) is 83.0 Å². The van der Waals surface area contributed by atoms with Crippen molar-refractivity contribution >= 4 is 23.5 Å². The standard InChI is InChI=1S/C19H20ClN5O/c20-17-23-18(21-12-10-14-4-2-1-3-5-14)25-19(24-17)22-13-11-15-6-8-16(26)9-7-15/h1-9,26H,10-13H2,(H2,21,22,23,24,25). The number of hydrogen-bond acceptors (Lipinski definition) is 6. The van der Waals surface area contributed by atoms with Crippen molar-refractivity contribution in [3.63, 3.8) is 0 Å². The van der Waals surface area contributed by atoms with E-state index >= 15 is 0 Å². The third-order valence-electron chi connectivity index (χ3n) is 3.78. The van der Waals surface area contributed by atoms with Crippen molar-refractivity contribution in [3.8, 4) is 5.75 Å². The van der Waals surface area contributed by atoms with Crippen LogP contribution in [0.3, 0.4) is 0 Å². The number of aromatic hydroxyl groups is 1. The Morgan fingerprint density at radius 2 is 1.27 bits per heavy atom. The van der Waals surface area contributed by atoms with Crippen molar-refractivity contribution in [1.29, 1.82) is 0 Å². The minimum atomic E-state index is 0.148. The average molecular weight is 370 g/mol. The maximum absolute atomic E-state index is 9.30. The fraction of sp³-hybridized carbons (Fsp3) is 0.211. The van der Waals surface area contributed by atoms with Gasteiger partial charge in [0.25, 0.3) is 0 Å². The maximum atomic E-state index is 9.30. The SMILES string of the molecule is Oc1ccc(CCNc2nc(Cl)nc(NCCc3ccccc3)n2)cc1. The van der Waals surface area contributed by atoms with Gasteiger partial charge in [-0.3, -0.25) is 0 Å². The number of halogens is 1. The molecule has 3 N–H and O–H groups in total. The predicted molar refractivity (Wildman–Crippen MR) is 104 cm³/mol. The summed E-state index contributed by atoms with van der Waals surface area (Å²) in [6.45, 7) is 1.35. The normalized spacial score (nSPS) is 10.5. The Morgan fingerprint density at radius 1 is 0.731 bits per heavy atom. The summed E-state index contributed by atoms with van der Waals surface area (Å²) >= 11 is 5.99. The van der Waals surface area contributed by atoms with Gasteiger partial charge in [0.15, 0.2) is 0 Å². The molecule has 0 saturated heterocycles. The first-order valence-corrected chi connectivity index (χ1v) is 8.78. The summed E-state index contributed by atoms with van der Waals surface area (Å²) in [5.74, 6) is 1.15. The second kappa shape index (κ2) is 9.01. The summed E-state index contributed by atoms with van der Waals surface area (Å²) in [5, 5.41) is 15.8. The van der Waals surface area contributed by atoms with Gasteiger partial charge in [-0.05, 0) is 47.7 Å². The van der Waals surface area contributed by atoms with E-state index in [1.54, 1.807) is 12.1 Å². The van der Waals surface area contributed by atoms with E-state index in [2.05, 4.69) is 37.7 Å². The molecule has 0 atom stereocenters.